The van der Waals surface area contributed by atoms with Crippen LogP contribution >= 0.6 is 11.6 Å². The minimum atomic E-state index is -0.638. The third-order valence-electron chi connectivity index (χ3n) is 2.12. The van der Waals surface area contributed by atoms with Crippen molar-refractivity contribution in [3.8, 4) is 0 Å². The monoisotopic (exact) mass is 286 g/mol. The predicted molar refractivity (Wildman–Crippen MR) is 73.6 cm³/mol. The maximum Gasteiger partial charge on any atom is 0.330 e. The molecule has 0 spiro atoms. The number of pyridine rings is 1. The number of ether oxygens (including phenoxy) is 1. The van der Waals surface area contributed by atoms with E-state index in [1.165, 1.54) is 18.3 Å². The Kier molecular flexibility index (Phi) is 5.76. The van der Waals surface area contributed by atoms with Crippen LogP contribution in [0.1, 0.15) is 26.3 Å². The summed E-state index contributed by atoms with van der Waals surface area (Å²) in [7, 11) is 0. The molecule has 0 saturated carbocycles. The highest BCUT2D eigenvalue weighted by atomic mass is 35.5. The summed E-state index contributed by atoms with van der Waals surface area (Å²) in [6.45, 7) is 5.73. The molecule has 1 aromatic rings. The second-order valence-corrected chi connectivity index (χ2v) is 4.44. The minimum Gasteiger partial charge on any atom is -0.463 e. The van der Waals surface area contributed by atoms with Crippen LogP contribution in [0.15, 0.2) is 12.3 Å². The summed E-state index contributed by atoms with van der Waals surface area (Å²) in [6.07, 6.45) is 4.06. The second kappa shape index (κ2) is 7.09. The molecule has 0 fully saturated rings. The highest BCUT2D eigenvalue weighted by Gasteiger charge is 2.13. The summed E-state index contributed by atoms with van der Waals surface area (Å²) in [5.74, 6) is -1.13. The van der Waals surface area contributed by atoms with Crippen molar-refractivity contribution >= 4 is 29.3 Å². The van der Waals surface area contributed by atoms with E-state index < -0.39 is 11.8 Å². The summed E-state index contributed by atoms with van der Waals surface area (Å²) in [5, 5.41) is 2.72. The SMILES string of the molecule is CCOC(=O)/C=C/c1cnc(Cl)c(F)c1NC(C)C. The normalized spacial score (nSPS) is 11.1. The molecular weight excluding hydrogens is 271 g/mol. The fourth-order valence-electron chi connectivity index (χ4n) is 1.39. The Balaban J connectivity index is 3.06. The third-order valence-corrected chi connectivity index (χ3v) is 2.39. The lowest BCUT2D eigenvalue weighted by Crippen LogP contribution is -2.13. The lowest BCUT2D eigenvalue weighted by molar-refractivity contribution is -0.137. The fraction of sp³-hybridized carbons (Fsp3) is 0.385. The van der Waals surface area contributed by atoms with E-state index in [0.29, 0.717) is 5.56 Å². The zero-order valence-electron chi connectivity index (χ0n) is 11.0. The van der Waals surface area contributed by atoms with Gasteiger partial charge in [-0.1, -0.05) is 11.6 Å². The van der Waals surface area contributed by atoms with Gasteiger partial charge in [0, 0.05) is 23.9 Å². The molecule has 4 nitrogen and oxygen atoms in total. The van der Waals surface area contributed by atoms with Crippen molar-refractivity contribution in [2.45, 2.75) is 26.8 Å². The van der Waals surface area contributed by atoms with E-state index in [1.807, 2.05) is 13.8 Å². The molecule has 0 aromatic carbocycles. The van der Waals surface area contributed by atoms with Gasteiger partial charge in [0.25, 0.3) is 0 Å². The van der Waals surface area contributed by atoms with Gasteiger partial charge < -0.3 is 10.1 Å². The van der Waals surface area contributed by atoms with Crippen LogP contribution in [-0.4, -0.2) is 23.6 Å². The van der Waals surface area contributed by atoms with E-state index >= 15 is 0 Å². The van der Waals surface area contributed by atoms with Crippen LogP contribution in [0.4, 0.5) is 10.1 Å². The molecule has 0 atom stereocenters. The highest BCUT2D eigenvalue weighted by Crippen LogP contribution is 2.26. The van der Waals surface area contributed by atoms with E-state index in [0.717, 1.165) is 0 Å². The van der Waals surface area contributed by atoms with Crippen LogP contribution in [0.5, 0.6) is 0 Å². The number of rotatable bonds is 5. The smallest absolute Gasteiger partial charge is 0.330 e. The van der Waals surface area contributed by atoms with E-state index in [9.17, 15) is 9.18 Å². The Morgan fingerprint density at radius 3 is 2.89 bits per heavy atom. The number of carbonyl (C=O) groups is 1. The Morgan fingerprint density at radius 1 is 1.63 bits per heavy atom. The van der Waals surface area contributed by atoms with Gasteiger partial charge in [0.05, 0.1) is 12.3 Å². The van der Waals surface area contributed by atoms with Gasteiger partial charge in [-0.25, -0.2) is 14.2 Å². The Bertz CT molecular complexity index is 490. The first-order valence-electron chi connectivity index (χ1n) is 5.91. The number of carbonyl (C=O) groups excluding carboxylic acids is 1. The molecule has 1 rings (SSSR count). The van der Waals surface area contributed by atoms with Crippen molar-refractivity contribution in [2.75, 3.05) is 11.9 Å². The van der Waals surface area contributed by atoms with Gasteiger partial charge in [-0.3, -0.25) is 0 Å². The number of aromatic nitrogens is 1. The quantitative estimate of drug-likeness (QED) is 0.513. The van der Waals surface area contributed by atoms with Crippen molar-refractivity contribution < 1.29 is 13.9 Å². The highest BCUT2D eigenvalue weighted by molar-refractivity contribution is 6.29. The maximum atomic E-state index is 13.9. The van der Waals surface area contributed by atoms with Crippen LogP contribution in [0.25, 0.3) is 6.08 Å². The van der Waals surface area contributed by atoms with Crippen molar-refractivity contribution in [3.63, 3.8) is 0 Å². The maximum absolute atomic E-state index is 13.9. The lowest BCUT2D eigenvalue weighted by atomic mass is 10.2. The number of esters is 1. The molecule has 6 heteroatoms. The molecular formula is C13H16ClFN2O2. The third kappa shape index (κ3) is 4.52. The van der Waals surface area contributed by atoms with Gasteiger partial charge in [0.15, 0.2) is 11.0 Å². The van der Waals surface area contributed by atoms with Crippen molar-refractivity contribution in [1.82, 2.24) is 4.98 Å². The summed E-state index contributed by atoms with van der Waals surface area (Å²) >= 11 is 5.64. The van der Waals surface area contributed by atoms with Crippen LogP contribution < -0.4 is 5.32 Å². The summed E-state index contributed by atoms with van der Waals surface area (Å²) in [5.41, 5.74) is 0.652. The molecule has 1 N–H and O–H groups in total. The van der Waals surface area contributed by atoms with Crippen LogP contribution in [0.3, 0.4) is 0 Å². The van der Waals surface area contributed by atoms with Crippen molar-refractivity contribution in [1.29, 1.82) is 0 Å². The number of hydrogen-bond acceptors (Lipinski definition) is 4. The Labute approximate surface area is 116 Å². The molecule has 1 aromatic heterocycles. The number of nitrogens with one attached hydrogen (secondary N) is 1. The molecule has 1 heterocycles. The molecule has 0 aliphatic carbocycles. The van der Waals surface area contributed by atoms with E-state index in [4.69, 9.17) is 16.3 Å². The van der Waals surface area contributed by atoms with Crippen molar-refractivity contribution in [2.24, 2.45) is 0 Å². The van der Waals surface area contributed by atoms with Gasteiger partial charge in [0.2, 0.25) is 0 Å². The van der Waals surface area contributed by atoms with E-state index in [1.54, 1.807) is 6.92 Å². The molecule has 19 heavy (non-hydrogen) atoms. The van der Waals surface area contributed by atoms with Crippen LogP contribution in [0.2, 0.25) is 5.15 Å². The van der Waals surface area contributed by atoms with E-state index in [2.05, 4.69) is 10.3 Å². The number of anilines is 1. The zero-order valence-corrected chi connectivity index (χ0v) is 11.8. The summed E-state index contributed by atoms with van der Waals surface area (Å²) < 4.78 is 18.6. The first-order valence-corrected chi connectivity index (χ1v) is 6.28. The molecule has 104 valence electrons. The first kappa shape index (κ1) is 15.4. The molecule has 0 aliphatic rings. The Hall–Kier alpha value is -1.62. The number of hydrogen-bond donors (Lipinski definition) is 1. The topological polar surface area (TPSA) is 51.2 Å². The minimum absolute atomic E-state index is 0.0164. The van der Waals surface area contributed by atoms with Crippen LogP contribution in [0, 0.1) is 5.82 Å². The molecule has 0 unspecified atom stereocenters. The van der Waals surface area contributed by atoms with Crippen molar-refractivity contribution in [3.05, 3.63) is 28.8 Å². The van der Waals surface area contributed by atoms with Gasteiger partial charge in [0.1, 0.15) is 0 Å². The molecule has 0 saturated heterocycles. The fourth-order valence-corrected chi connectivity index (χ4v) is 1.53. The van der Waals surface area contributed by atoms with Gasteiger partial charge >= 0.3 is 5.97 Å². The average Bonchev–Trinajstić information content (AvgIpc) is 2.34. The number of halogens is 2. The lowest BCUT2D eigenvalue weighted by Gasteiger charge is -2.14. The molecule has 0 aliphatic heterocycles. The molecule has 0 bridgehead atoms. The van der Waals surface area contributed by atoms with Gasteiger partial charge in [-0.15, -0.1) is 0 Å². The molecule has 0 radical (unpaired) electrons. The average molecular weight is 287 g/mol. The van der Waals surface area contributed by atoms with Gasteiger partial charge in [-0.05, 0) is 26.8 Å². The largest absolute Gasteiger partial charge is 0.463 e. The zero-order chi connectivity index (χ0) is 14.4. The standard InChI is InChI=1S/C13H16ClFN2O2/c1-4-19-10(18)6-5-9-7-16-13(14)11(15)12(9)17-8(2)3/h5-8H,4H2,1-3H3,(H,16,17)/b6-5+. The molecule has 0 amide bonds. The number of nitrogens with zero attached hydrogens (tertiary/aromatic N) is 1. The summed E-state index contributed by atoms with van der Waals surface area (Å²) in [4.78, 5) is 14.9. The Morgan fingerprint density at radius 2 is 2.32 bits per heavy atom. The van der Waals surface area contributed by atoms with Gasteiger partial charge in [-0.2, -0.15) is 0 Å². The second-order valence-electron chi connectivity index (χ2n) is 4.08. The predicted octanol–water partition coefficient (Wildman–Crippen LogP) is 3.27. The van der Waals surface area contributed by atoms with Crippen LogP contribution in [-0.2, 0) is 9.53 Å². The first-order chi connectivity index (χ1) is 8.95. The van der Waals surface area contributed by atoms with E-state index in [-0.39, 0.29) is 23.5 Å². The summed E-state index contributed by atoms with van der Waals surface area (Å²) in [6, 6.07) is 0.0164.